The molecule has 1 aliphatic heterocycles. The van der Waals surface area contributed by atoms with Crippen LogP contribution in [0.1, 0.15) is 56.9 Å². The third-order valence-corrected chi connectivity index (χ3v) is 10.3. The number of thiol groups is 1. The van der Waals surface area contributed by atoms with Crippen molar-refractivity contribution < 1.29 is 53.4 Å². The highest BCUT2D eigenvalue weighted by atomic mass is 32.1. The summed E-state index contributed by atoms with van der Waals surface area (Å²) in [4.78, 5) is 123. The maximum atomic E-state index is 14.1. The minimum atomic E-state index is -1.66. The van der Waals surface area contributed by atoms with Gasteiger partial charge in [-0.15, -0.1) is 0 Å². The highest BCUT2D eigenvalue weighted by molar-refractivity contribution is 7.80. The van der Waals surface area contributed by atoms with E-state index in [1.54, 1.807) is 30.3 Å². The van der Waals surface area contributed by atoms with Crippen LogP contribution in [0.4, 0.5) is 0 Å². The molecular weight excluding hydrogens is 859 g/mol. The Morgan fingerprint density at radius 2 is 1.38 bits per heavy atom. The lowest BCUT2D eigenvalue weighted by Gasteiger charge is -2.30. The summed E-state index contributed by atoms with van der Waals surface area (Å²) in [7, 11) is 1.49. The van der Waals surface area contributed by atoms with Gasteiger partial charge in [0.25, 0.3) is 0 Å². The SMILES string of the molecule is CNCC(=O)N[C@@H](CC(N)=O)C(=O)N[C@@H](CS)C(=O)N[C@@H](Cc1ccccc1)C(=O)N[C@@H](CO)C(=O)N[C@@H](CCCCN)C(=O)N1CCC[C@H]1C(=O)N[C@@H](CCCN=C(N)N)C(=O)O. The molecule has 1 heterocycles. The van der Waals surface area contributed by atoms with Crippen LogP contribution in [-0.2, 0) is 49.6 Å². The number of carbonyl (C=O) groups is 9. The normalized spacial score (nSPS) is 16.1. The first kappa shape index (κ1) is 54.1. The van der Waals surface area contributed by atoms with Crippen molar-refractivity contribution in [1.29, 1.82) is 0 Å². The molecule has 1 fully saturated rings. The van der Waals surface area contributed by atoms with Gasteiger partial charge in [0.05, 0.1) is 19.6 Å². The number of rotatable bonds is 29. The number of aliphatic hydroxyl groups excluding tert-OH is 1. The van der Waals surface area contributed by atoms with E-state index in [-0.39, 0.29) is 70.0 Å². The standard InChI is InChI=1S/C39H63N13O11S/c1-44-19-31(55)46-26(18-30(41)54)33(57)51-28(21-64)35(59)49-25(17-22-9-3-2-4-10-22)32(56)50-27(20-53)34(58)47-23(11-5-6-14-40)37(61)52-16-8-13-29(52)36(60)48-24(38(62)63)12-7-15-45-39(42)43/h2-4,9-10,23-29,44,53,64H,5-8,11-21,40H2,1H3,(H2,41,54)(H,46,55)(H,47,58)(H,48,60)(H,49,59)(H,50,56)(H,51,57)(H,62,63)(H4,42,43,45)/t23-,24-,25-,26-,27-,28-,29-/m0/s1. The second-order valence-corrected chi connectivity index (χ2v) is 15.3. The van der Waals surface area contributed by atoms with E-state index in [2.05, 4.69) is 54.8 Å². The zero-order valence-electron chi connectivity index (χ0n) is 35.8. The Kier molecular flexibility index (Phi) is 24.2. The first-order valence-corrected chi connectivity index (χ1v) is 21.4. The topological polar surface area (TPSA) is 398 Å². The molecule has 356 valence electrons. The third kappa shape index (κ3) is 18.7. The quantitative estimate of drug-likeness (QED) is 0.0154. The Hall–Kier alpha value is -6.05. The number of aliphatic carboxylic acids is 1. The first-order chi connectivity index (χ1) is 30.4. The number of unbranched alkanes of at least 4 members (excludes halogenated alkanes) is 1. The van der Waals surface area contributed by atoms with Crippen LogP contribution in [0.5, 0.6) is 0 Å². The number of nitrogens with two attached hydrogens (primary N) is 4. The minimum Gasteiger partial charge on any atom is -0.480 e. The summed E-state index contributed by atoms with van der Waals surface area (Å²) in [5, 5.41) is 37.4. The summed E-state index contributed by atoms with van der Waals surface area (Å²) in [6.07, 6.45) is 1.04. The number of amides is 8. The van der Waals surface area contributed by atoms with E-state index in [1.165, 1.54) is 11.9 Å². The number of carbonyl (C=O) groups excluding carboxylic acids is 8. The molecule has 17 N–H and O–H groups in total. The minimum absolute atomic E-state index is 0.00391. The number of carboxylic acids is 1. The Balaban J connectivity index is 2.28. The Morgan fingerprint density at radius 3 is 1.97 bits per heavy atom. The molecule has 0 unspecified atom stereocenters. The van der Waals surface area contributed by atoms with Crippen molar-refractivity contribution >= 4 is 71.8 Å². The van der Waals surface area contributed by atoms with Crippen LogP contribution in [-0.4, -0.2) is 162 Å². The van der Waals surface area contributed by atoms with Crippen LogP contribution in [0.3, 0.4) is 0 Å². The Labute approximate surface area is 376 Å². The smallest absolute Gasteiger partial charge is 0.326 e. The number of aliphatic hydroxyl groups is 1. The van der Waals surface area contributed by atoms with E-state index in [1.807, 2.05) is 0 Å². The molecule has 64 heavy (non-hydrogen) atoms. The maximum Gasteiger partial charge on any atom is 0.326 e. The molecule has 0 spiro atoms. The van der Waals surface area contributed by atoms with Gasteiger partial charge in [-0.1, -0.05) is 30.3 Å². The number of primary amides is 1. The van der Waals surface area contributed by atoms with Crippen LogP contribution >= 0.6 is 12.6 Å². The first-order valence-electron chi connectivity index (χ1n) is 20.7. The molecule has 1 aromatic carbocycles. The number of nitrogens with one attached hydrogen (secondary N) is 7. The van der Waals surface area contributed by atoms with Gasteiger partial charge in [0.1, 0.15) is 42.3 Å². The largest absolute Gasteiger partial charge is 0.480 e. The Bertz CT molecular complexity index is 1790. The number of carboxylic acid groups (broad SMARTS) is 1. The molecule has 25 heteroatoms. The number of guanidine groups is 1. The van der Waals surface area contributed by atoms with Gasteiger partial charge in [-0.25, -0.2) is 4.79 Å². The molecule has 1 aliphatic rings. The summed E-state index contributed by atoms with van der Waals surface area (Å²) in [5.41, 5.74) is 22.2. The van der Waals surface area contributed by atoms with E-state index in [4.69, 9.17) is 22.9 Å². The van der Waals surface area contributed by atoms with Crippen molar-refractivity contribution in [3.8, 4) is 0 Å². The zero-order valence-corrected chi connectivity index (χ0v) is 36.6. The molecule has 0 radical (unpaired) electrons. The van der Waals surface area contributed by atoms with Crippen LogP contribution in [0.2, 0.25) is 0 Å². The van der Waals surface area contributed by atoms with Crippen LogP contribution < -0.4 is 60.2 Å². The molecule has 0 aromatic heterocycles. The third-order valence-electron chi connectivity index (χ3n) is 9.90. The summed E-state index contributed by atoms with van der Waals surface area (Å²) in [6.45, 7) is -0.611. The van der Waals surface area contributed by atoms with Crippen molar-refractivity contribution in [3.63, 3.8) is 0 Å². The fraction of sp³-hybridized carbons (Fsp3) is 0.590. The fourth-order valence-corrected chi connectivity index (χ4v) is 6.89. The van der Waals surface area contributed by atoms with Gasteiger partial charge < -0.3 is 75.3 Å². The van der Waals surface area contributed by atoms with Crippen LogP contribution in [0.15, 0.2) is 35.3 Å². The van der Waals surface area contributed by atoms with Gasteiger partial charge in [-0.05, 0) is 64.1 Å². The van der Waals surface area contributed by atoms with Gasteiger partial charge in [-0.2, -0.15) is 12.6 Å². The number of nitrogens with zero attached hydrogens (tertiary/aromatic N) is 2. The molecule has 0 saturated carbocycles. The van der Waals surface area contributed by atoms with E-state index >= 15 is 0 Å². The molecule has 24 nitrogen and oxygen atoms in total. The highest BCUT2D eigenvalue weighted by Gasteiger charge is 2.40. The lowest BCUT2D eigenvalue weighted by molar-refractivity contribution is -0.145. The average molecular weight is 922 g/mol. The predicted molar refractivity (Wildman–Crippen MR) is 236 cm³/mol. The summed E-state index contributed by atoms with van der Waals surface area (Å²) >= 11 is 4.17. The number of likely N-dealkylation sites (N-methyl/N-ethyl adjacent to an activating group) is 1. The average Bonchev–Trinajstić information content (AvgIpc) is 3.75. The van der Waals surface area contributed by atoms with E-state index in [9.17, 15) is 53.4 Å². The van der Waals surface area contributed by atoms with Crippen molar-refractivity contribution in [2.24, 2.45) is 27.9 Å². The monoisotopic (exact) mass is 921 g/mol. The summed E-state index contributed by atoms with van der Waals surface area (Å²) in [6, 6.07) is -1.10. The van der Waals surface area contributed by atoms with E-state index < -0.39 is 109 Å². The predicted octanol–water partition coefficient (Wildman–Crippen LogP) is -5.59. The van der Waals surface area contributed by atoms with Gasteiger partial charge in [-0.3, -0.25) is 43.3 Å². The summed E-state index contributed by atoms with van der Waals surface area (Å²) < 4.78 is 0. The lowest BCUT2D eigenvalue weighted by atomic mass is 10.0. The molecular formula is C39H63N13O11S. The van der Waals surface area contributed by atoms with Gasteiger partial charge >= 0.3 is 5.97 Å². The van der Waals surface area contributed by atoms with Crippen LogP contribution in [0.25, 0.3) is 0 Å². The van der Waals surface area contributed by atoms with E-state index in [0.29, 0.717) is 24.8 Å². The Morgan fingerprint density at radius 1 is 0.781 bits per heavy atom. The number of benzene rings is 1. The van der Waals surface area contributed by atoms with Gasteiger partial charge in [0.2, 0.25) is 47.3 Å². The maximum absolute atomic E-state index is 14.1. The molecule has 7 atom stereocenters. The van der Waals surface area contributed by atoms with Crippen molar-refractivity contribution in [3.05, 3.63) is 35.9 Å². The summed E-state index contributed by atoms with van der Waals surface area (Å²) in [5.74, 6) is -8.41. The molecule has 0 aliphatic carbocycles. The van der Waals surface area contributed by atoms with Crippen LogP contribution in [0, 0.1) is 0 Å². The highest BCUT2D eigenvalue weighted by Crippen LogP contribution is 2.21. The molecule has 2 rings (SSSR count). The molecule has 8 amide bonds. The van der Waals surface area contributed by atoms with Crippen molar-refractivity contribution in [2.75, 3.05) is 45.6 Å². The molecule has 0 bridgehead atoms. The number of hydrogen-bond acceptors (Lipinski definition) is 14. The number of hydrogen-bond donors (Lipinski definition) is 14. The van der Waals surface area contributed by atoms with Crippen molar-refractivity contribution in [1.82, 2.24) is 42.1 Å². The van der Waals surface area contributed by atoms with Crippen molar-refractivity contribution in [2.45, 2.75) is 100 Å². The lowest BCUT2D eigenvalue weighted by Crippen LogP contribution is -2.61. The van der Waals surface area contributed by atoms with E-state index in [0.717, 1.165) is 0 Å². The molecule has 1 saturated heterocycles. The zero-order chi connectivity index (χ0) is 47.8. The molecule has 1 aromatic rings. The van der Waals surface area contributed by atoms with Gasteiger partial charge in [0, 0.05) is 25.3 Å². The second-order valence-electron chi connectivity index (χ2n) is 14.9. The number of aliphatic imine (C=N–C) groups is 1. The number of likely N-dealkylation sites (tertiary alicyclic amines) is 1. The second kappa shape index (κ2) is 28.6. The fourth-order valence-electron chi connectivity index (χ4n) is 6.64. The van der Waals surface area contributed by atoms with Gasteiger partial charge in [0.15, 0.2) is 5.96 Å².